The highest BCUT2D eigenvalue weighted by Crippen LogP contribution is 2.31. The van der Waals surface area contributed by atoms with E-state index in [4.69, 9.17) is 34.8 Å². The van der Waals surface area contributed by atoms with Crippen LogP contribution in [0.25, 0.3) is 0 Å². The van der Waals surface area contributed by atoms with Crippen LogP contribution in [0.4, 0.5) is 0 Å². The molecule has 3 nitrogen and oxygen atoms in total. The lowest BCUT2D eigenvalue weighted by atomic mass is 10.2. The molecule has 1 N–H and O–H groups in total. The summed E-state index contributed by atoms with van der Waals surface area (Å²) in [4.78, 5) is 0. The zero-order chi connectivity index (χ0) is 13.3. The first-order chi connectivity index (χ1) is 8.39. The number of rotatable bonds is 3. The quantitative estimate of drug-likeness (QED) is 0.868. The Morgan fingerprint density at radius 1 is 1.22 bits per heavy atom. The fraction of sp³-hybridized carbons (Fsp3) is 0.273. The van der Waals surface area contributed by atoms with Crippen molar-refractivity contribution in [3.63, 3.8) is 0 Å². The lowest BCUT2D eigenvalue weighted by molar-refractivity contribution is 0.590. The van der Waals surface area contributed by atoms with Gasteiger partial charge in [0.15, 0.2) is 9.84 Å². The Morgan fingerprint density at radius 3 is 2.50 bits per heavy atom. The van der Waals surface area contributed by atoms with E-state index in [2.05, 4.69) is 5.32 Å². The van der Waals surface area contributed by atoms with E-state index >= 15 is 0 Å². The summed E-state index contributed by atoms with van der Waals surface area (Å²) in [5, 5.41) is 5.60. The molecule has 0 bridgehead atoms. The van der Waals surface area contributed by atoms with E-state index in [-0.39, 0.29) is 11.8 Å². The fourth-order valence-corrected chi connectivity index (χ4v) is 3.62. The van der Waals surface area contributed by atoms with Crippen LogP contribution in [0.15, 0.2) is 23.6 Å². The smallest absolute Gasteiger partial charge is 0.173 e. The van der Waals surface area contributed by atoms with Crippen LogP contribution in [0.1, 0.15) is 5.56 Å². The molecule has 1 aliphatic rings. The SMILES string of the molecule is O=S1(=O)C=CC(NCc2c(Cl)ccc(Cl)c2Cl)C1. The van der Waals surface area contributed by atoms with Gasteiger partial charge in [0.05, 0.1) is 15.8 Å². The maximum Gasteiger partial charge on any atom is 0.173 e. The van der Waals surface area contributed by atoms with Crippen LogP contribution >= 0.6 is 34.8 Å². The second-order valence-electron chi connectivity index (χ2n) is 3.97. The van der Waals surface area contributed by atoms with Crippen molar-refractivity contribution in [2.24, 2.45) is 0 Å². The molecule has 1 heterocycles. The number of sulfone groups is 1. The van der Waals surface area contributed by atoms with Crippen LogP contribution < -0.4 is 5.32 Å². The Hall–Kier alpha value is -0.260. The first-order valence-electron chi connectivity index (χ1n) is 5.16. The summed E-state index contributed by atoms with van der Waals surface area (Å²) in [7, 11) is -3.06. The van der Waals surface area contributed by atoms with Crippen molar-refractivity contribution in [2.75, 3.05) is 5.75 Å². The molecular formula is C11H10Cl3NO2S. The standard InChI is InChI=1S/C11H10Cl3NO2S/c12-9-1-2-10(13)11(14)8(9)5-15-7-3-4-18(16,17)6-7/h1-4,7,15H,5-6H2. The Bertz CT molecular complexity index is 599. The normalized spacial score (nSPS) is 21.4. The van der Waals surface area contributed by atoms with E-state index in [1.165, 1.54) is 5.41 Å². The van der Waals surface area contributed by atoms with Crippen molar-refractivity contribution < 1.29 is 8.42 Å². The highest BCUT2D eigenvalue weighted by Gasteiger charge is 2.21. The first kappa shape index (κ1) is 14.2. The minimum absolute atomic E-state index is 0.0583. The summed E-state index contributed by atoms with van der Waals surface area (Å²) in [6.07, 6.45) is 1.61. The van der Waals surface area contributed by atoms with Crippen LogP contribution in [0.5, 0.6) is 0 Å². The van der Waals surface area contributed by atoms with E-state index in [1.807, 2.05) is 0 Å². The van der Waals surface area contributed by atoms with Gasteiger partial charge in [0.25, 0.3) is 0 Å². The lowest BCUT2D eigenvalue weighted by Gasteiger charge is -2.13. The monoisotopic (exact) mass is 325 g/mol. The Morgan fingerprint density at radius 2 is 1.89 bits per heavy atom. The van der Waals surface area contributed by atoms with Crippen LogP contribution in [-0.4, -0.2) is 20.2 Å². The molecular weight excluding hydrogens is 317 g/mol. The van der Waals surface area contributed by atoms with Gasteiger partial charge in [-0.2, -0.15) is 0 Å². The zero-order valence-electron chi connectivity index (χ0n) is 9.16. The predicted molar refractivity (Wildman–Crippen MR) is 75.0 cm³/mol. The second kappa shape index (κ2) is 5.39. The van der Waals surface area contributed by atoms with E-state index in [0.29, 0.717) is 27.2 Å². The minimum Gasteiger partial charge on any atom is -0.305 e. The van der Waals surface area contributed by atoms with E-state index in [9.17, 15) is 8.42 Å². The van der Waals surface area contributed by atoms with Crippen molar-refractivity contribution in [1.82, 2.24) is 5.32 Å². The van der Waals surface area contributed by atoms with Crippen molar-refractivity contribution in [3.8, 4) is 0 Å². The third kappa shape index (κ3) is 3.19. The van der Waals surface area contributed by atoms with Gasteiger partial charge >= 0.3 is 0 Å². The zero-order valence-corrected chi connectivity index (χ0v) is 12.2. The van der Waals surface area contributed by atoms with Crippen LogP contribution in [-0.2, 0) is 16.4 Å². The number of hydrogen-bond acceptors (Lipinski definition) is 3. The molecule has 98 valence electrons. The van der Waals surface area contributed by atoms with Gasteiger partial charge in [-0.1, -0.05) is 40.9 Å². The average Bonchev–Trinajstić information content (AvgIpc) is 2.64. The topological polar surface area (TPSA) is 46.2 Å². The fourth-order valence-electron chi connectivity index (χ4n) is 1.67. The maximum atomic E-state index is 11.2. The Balaban J connectivity index is 2.08. The van der Waals surface area contributed by atoms with Crippen LogP contribution in [0.3, 0.4) is 0 Å². The summed E-state index contributed by atoms with van der Waals surface area (Å²) in [6, 6.07) is 3.06. The minimum atomic E-state index is -3.06. The van der Waals surface area contributed by atoms with Gasteiger partial charge in [0, 0.05) is 28.6 Å². The largest absolute Gasteiger partial charge is 0.305 e. The second-order valence-corrected chi connectivity index (χ2v) is 7.09. The summed E-state index contributed by atoms with van der Waals surface area (Å²) in [5.74, 6) is 0.0583. The van der Waals surface area contributed by atoms with Crippen LogP contribution in [0, 0.1) is 0 Å². The molecule has 1 atom stereocenters. The molecule has 0 aliphatic carbocycles. The summed E-state index contributed by atoms with van der Waals surface area (Å²) in [5.41, 5.74) is 0.670. The van der Waals surface area contributed by atoms with Gasteiger partial charge in [-0.3, -0.25) is 0 Å². The molecule has 7 heteroatoms. The predicted octanol–water partition coefficient (Wildman–Crippen LogP) is 3.05. The van der Waals surface area contributed by atoms with Gasteiger partial charge in [-0.05, 0) is 12.1 Å². The first-order valence-corrected chi connectivity index (χ1v) is 8.01. The highest BCUT2D eigenvalue weighted by molar-refractivity contribution is 7.94. The maximum absolute atomic E-state index is 11.2. The highest BCUT2D eigenvalue weighted by atomic mass is 35.5. The molecule has 1 aromatic carbocycles. The number of nitrogens with one attached hydrogen (secondary N) is 1. The molecule has 1 aromatic rings. The molecule has 0 saturated carbocycles. The molecule has 2 rings (SSSR count). The Kier molecular flexibility index (Phi) is 4.24. The molecule has 0 amide bonds. The third-order valence-electron chi connectivity index (χ3n) is 2.61. The van der Waals surface area contributed by atoms with Gasteiger partial charge in [0.2, 0.25) is 0 Å². The van der Waals surface area contributed by atoms with Crippen LogP contribution in [0.2, 0.25) is 15.1 Å². The molecule has 1 unspecified atom stereocenters. The van der Waals surface area contributed by atoms with Crippen molar-refractivity contribution in [3.05, 3.63) is 44.2 Å². The van der Waals surface area contributed by atoms with E-state index < -0.39 is 9.84 Å². The molecule has 18 heavy (non-hydrogen) atoms. The lowest BCUT2D eigenvalue weighted by Crippen LogP contribution is -2.29. The molecule has 0 saturated heterocycles. The number of halogens is 3. The summed E-state index contributed by atoms with van der Waals surface area (Å²) >= 11 is 18.0. The number of benzene rings is 1. The molecule has 0 aromatic heterocycles. The number of hydrogen-bond donors (Lipinski definition) is 1. The molecule has 0 fully saturated rings. The third-order valence-corrected chi connectivity index (χ3v) is 5.20. The van der Waals surface area contributed by atoms with Gasteiger partial charge in [-0.25, -0.2) is 8.42 Å². The van der Waals surface area contributed by atoms with Crippen molar-refractivity contribution in [1.29, 1.82) is 0 Å². The van der Waals surface area contributed by atoms with Crippen molar-refractivity contribution >= 4 is 44.6 Å². The van der Waals surface area contributed by atoms with Gasteiger partial charge in [0.1, 0.15) is 0 Å². The molecule has 0 spiro atoms. The van der Waals surface area contributed by atoms with E-state index in [0.717, 1.165) is 0 Å². The molecule has 1 aliphatic heterocycles. The summed E-state index contributed by atoms with van der Waals surface area (Å²) in [6.45, 7) is 0.364. The van der Waals surface area contributed by atoms with Gasteiger partial charge < -0.3 is 5.32 Å². The van der Waals surface area contributed by atoms with E-state index in [1.54, 1.807) is 18.2 Å². The summed E-state index contributed by atoms with van der Waals surface area (Å²) < 4.78 is 22.5. The average molecular weight is 327 g/mol. The van der Waals surface area contributed by atoms with Gasteiger partial charge in [-0.15, -0.1) is 0 Å². The van der Waals surface area contributed by atoms with Crippen molar-refractivity contribution in [2.45, 2.75) is 12.6 Å². The Labute approximate surface area is 121 Å². The molecule has 0 radical (unpaired) electrons.